The van der Waals surface area contributed by atoms with E-state index in [9.17, 15) is 24.3 Å². The zero-order valence-electron chi connectivity index (χ0n) is 17.1. The number of hydrogen-bond acceptors (Lipinski definition) is 7. The van der Waals surface area contributed by atoms with Gasteiger partial charge in [0.2, 0.25) is 0 Å². The lowest BCUT2D eigenvalue weighted by Gasteiger charge is -2.10. The lowest BCUT2D eigenvalue weighted by atomic mass is 10.1. The molecular weight excluding hydrogens is 428 g/mol. The fourth-order valence-corrected chi connectivity index (χ4v) is 5.32. The van der Waals surface area contributed by atoms with Crippen LogP contribution in [-0.2, 0) is 14.3 Å². The Morgan fingerprint density at radius 3 is 2.47 bits per heavy atom. The van der Waals surface area contributed by atoms with Crippen LogP contribution in [0.2, 0.25) is 0 Å². The number of aryl methyl sites for hydroxylation is 2. The van der Waals surface area contributed by atoms with Gasteiger partial charge in [0.25, 0.3) is 11.1 Å². The van der Waals surface area contributed by atoms with E-state index in [1.807, 2.05) is 31.4 Å². The predicted molar refractivity (Wildman–Crippen MR) is 114 cm³/mol. The zero-order valence-corrected chi connectivity index (χ0v) is 18.7. The summed E-state index contributed by atoms with van der Waals surface area (Å²) >= 11 is 2.15. The van der Waals surface area contributed by atoms with Gasteiger partial charge in [-0.15, -0.1) is 11.3 Å². The van der Waals surface area contributed by atoms with Crippen LogP contribution in [0.5, 0.6) is 0 Å². The smallest absolute Gasteiger partial charge is 0.339 e. The monoisotopic (exact) mass is 448 g/mol. The first-order valence-electron chi connectivity index (χ1n) is 8.91. The summed E-state index contributed by atoms with van der Waals surface area (Å²) in [5.74, 6) is -2.24. The Bertz CT molecular complexity index is 1130. The number of hydrogen-bond donors (Lipinski definition) is 1. The van der Waals surface area contributed by atoms with E-state index in [2.05, 4.69) is 4.74 Å². The number of aromatic nitrogens is 1. The zero-order chi connectivity index (χ0) is 22.3. The number of methoxy groups -OCH3 is 1. The number of carboxylic acids is 1. The van der Waals surface area contributed by atoms with E-state index in [0.29, 0.717) is 10.6 Å². The number of thiophene rings is 1. The number of carboxylic acid groups (broad SMARTS) is 1. The molecule has 158 valence electrons. The van der Waals surface area contributed by atoms with Gasteiger partial charge in [0.1, 0.15) is 11.5 Å². The number of imide groups is 1. The largest absolute Gasteiger partial charge is 0.478 e. The molecule has 0 aliphatic carbocycles. The molecule has 3 heterocycles. The van der Waals surface area contributed by atoms with E-state index in [1.54, 1.807) is 13.0 Å². The first kappa shape index (κ1) is 21.8. The average molecular weight is 449 g/mol. The second-order valence-electron chi connectivity index (χ2n) is 6.77. The number of esters is 1. The molecule has 1 aliphatic rings. The van der Waals surface area contributed by atoms with E-state index in [4.69, 9.17) is 0 Å². The standard InChI is InChI=1S/C20H20N2O6S2/c1-9-6-13(7-14-17(24)21(20(27)30-14)8-15(23)28-5)11(3)22(9)18-16(19(25)26)10(2)12(4)29-18/h6-7H,8H2,1-5H3,(H,25,26). The Labute approximate surface area is 181 Å². The fourth-order valence-electron chi connectivity index (χ4n) is 3.24. The van der Waals surface area contributed by atoms with Gasteiger partial charge in [-0.05, 0) is 62.7 Å². The summed E-state index contributed by atoms with van der Waals surface area (Å²) in [6.07, 6.45) is 1.59. The Morgan fingerprint density at radius 2 is 1.87 bits per heavy atom. The molecule has 2 aromatic rings. The van der Waals surface area contributed by atoms with Gasteiger partial charge in [-0.3, -0.25) is 19.3 Å². The van der Waals surface area contributed by atoms with E-state index >= 15 is 0 Å². The van der Waals surface area contributed by atoms with Crippen LogP contribution in [0.4, 0.5) is 4.79 Å². The van der Waals surface area contributed by atoms with Crippen molar-refractivity contribution < 1.29 is 29.0 Å². The van der Waals surface area contributed by atoms with Crippen molar-refractivity contribution >= 4 is 52.3 Å². The van der Waals surface area contributed by atoms with Crippen molar-refractivity contribution in [2.45, 2.75) is 27.7 Å². The van der Waals surface area contributed by atoms with Gasteiger partial charge in [0, 0.05) is 16.3 Å². The average Bonchev–Trinajstić information content (AvgIpc) is 3.22. The number of ether oxygens (including phenoxy) is 1. The maximum atomic E-state index is 12.6. The van der Waals surface area contributed by atoms with Crippen LogP contribution in [-0.4, -0.2) is 51.3 Å². The highest BCUT2D eigenvalue weighted by Gasteiger charge is 2.36. The first-order valence-corrected chi connectivity index (χ1v) is 10.5. The van der Waals surface area contributed by atoms with E-state index in [1.165, 1.54) is 18.4 Å². The molecule has 0 atom stereocenters. The lowest BCUT2D eigenvalue weighted by Crippen LogP contribution is -2.34. The van der Waals surface area contributed by atoms with Crippen LogP contribution < -0.4 is 0 Å². The van der Waals surface area contributed by atoms with Crippen LogP contribution in [0.25, 0.3) is 11.1 Å². The number of amides is 2. The third-order valence-corrected chi connectivity index (χ3v) is 7.03. The van der Waals surface area contributed by atoms with Crippen LogP contribution >= 0.6 is 23.1 Å². The highest BCUT2D eigenvalue weighted by Crippen LogP contribution is 2.36. The molecule has 0 unspecified atom stereocenters. The molecule has 10 heteroatoms. The van der Waals surface area contributed by atoms with Crippen LogP contribution in [0.15, 0.2) is 11.0 Å². The van der Waals surface area contributed by atoms with Gasteiger partial charge >= 0.3 is 11.9 Å². The minimum absolute atomic E-state index is 0.196. The van der Waals surface area contributed by atoms with Crippen LogP contribution in [0.1, 0.15) is 37.7 Å². The van der Waals surface area contributed by atoms with Crippen molar-refractivity contribution in [2.24, 2.45) is 0 Å². The molecule has 30 heavy (non-hydrogen) atoms. The molecule has 1 N–H and O–H groups in total. The molecule has 0 spiro atoms. The quantitative estimate of drug-likeness (QED) is 0.549. The van der Waals surface area contributed by atoms with Crippen molar-refractivity contribution in [3.63, 3.8) is 0 Å². The highest BCUT2D eigenvalue weighted by atomic mass is 32.2. The minimum atomic E-state index is -0.996. The molecule has 8 nitrogen and oxygen atoms in total. The van der Waals surface area contributed by atoms with Crippen LogP contribution in [0.3, 0.4) is 0 Å². The molecule has 1 aliphatic heterocycles. The van der Waals surface area contributed by atoms with E-state index in [0.717, 1.165) is 38.5 Å². The van der Waals surface area contributed by atoms with E-state index in [-0.39, 0.29) is 10.5 Å². The van der Waals surface area contributed by atoms with Crippen molar-refractivity contribution in [1.29, 1.82) is 0 Å². The maximum Gasteiger partial charge on any atom is 0.339 e. The second-order valence-corrected chi connectivity index (χ2v) is 8.97. The maximum absolute atomic E-state index is 12.6. The molecular formula is C20H20N2O6S2. The Balaban J connectivity index is 2.03. The molecule has 0 saturated carbocycles. The SMILES string of the molecule is COC(=O)CN1C(=O)SC(=Cc2cc(C)n(-c3sc(C)c(C)c3C(=O)O)c2C)C1=O. The number of thioether (sulfide) groups is 1. The molecule has 3 rings (SSSR count). The molecule has 0 bridgehead atoms. The molecule has 2 aromatic heterocycles. The summed E-state index contributed by atoms with van der Waals surface area (Å²) in [6.45, 7) is 6.90. The first-order chi connectivity index (χ1) is 14.1. The summed E-state index contributed by atoms with van der Waals surface area (Å²) in [6, 6.07) is 1.83. The molecule has 0 radical (unpaired) electrons. The third kappa shape index (κ3) is 3.68. The van der Waals surface area contributed by atoms with Crippen molar-refractivity contribution in [2.75, 3.05) is 13.7 Å². The highest BCUT2D eigenvalue weighted by molar-refractivity contribution is 8.18. The summed E-state index contributed by atoms with van der Waals surface area (Å²) in [5, 5.41) is 9.74. The third-order valence-electron chi connectivity index (χ3n) is 4.93. The molecule has 1 saturated heterocycles. The fraction of sp³-hybridized carbons (Fsp3) is 0.300. The summed E-state index contributed by atoms with van der Waals surface area (Å²) < 4.78 is 6.37. The van der Waals surface area contributed by atoms with Gasteiger partial charge in [0.05, 0.1) is 17.6 Å². The molecule has 2 amide bonds. The van der Waals surface area contributed by atoms with Crippen molar-refractivity contribution in [3.05, 3.63) is 43.9 Å². The van der Waals surface area contributed by atoms with Gasteiger partial charge in [-0.1, -0.05) is 0 Å². The number of nitrogens with zero attached hydrogens (tertiary/aromatic N) is 2. The second kappa shape index (κ2) is 8.11. The summed E-state index contributed by atoms with van der Waals surface area (Å²) in [7, 11) is 1.19. The Kier molecular flexibility index (Phi) is 5.91. The van der Waals surface area contributed by atoms with Crippen LogP contribution in [0, 0.1) is 27.7 Å². The Morgan fingerprint density at radius 1 is 1.20 bits per heavy atom. The minimum Gasteiger partial charge on any atom is -0.478 e. The molecule has 0 aromatic carbocycles. The van der Waals surface area contributed by atoms with Crippen molar-refractivity contribution in [1.82, 2.24) is 9.47 Å². The predicted octanol–water partition coefficient (Wildman–Crippen LogP) is 3.68. The lowest BCUT2D eigenvalue weighted by molar-refractivity contribution is -0.143. The number of carbonyl (C=O) groups excluding carboxylic acids is 3. The van der Waals surface area contributed by atoms with E-state index < -0.39 is 29.6 Å². The normalized spacial score (nSPS) is 15.4. The van der Waals surface area contributed by atoms with Gasteiger partial charge in [0.15, 0.2) is 0 Å². The Hall–Kier alpha value is -2.85. The van der Waals surface area contributed by atoms with Crippen molar-refractivity contribution in [3.8, 4) is 5.00 Å². The summed E-state index contributed by atoms with van der Waals surface area (Å²) in [5.41, 5.74) is 3.22. The van der Waals surface area contributed by atoms with Gasteiger partial charge in [-0.25, -0.2) is 4.79 Å². The van der Waals surface area contributed by atoms with Gasteiger partial charge < -0.3 is 14.4 Å². The van der Waals surface area contributed by atoms with Gasteiger partial charge in [-0.2, -0.15) is 0 Å². The number of carbonyl (C=O) groups is 4. The number of rotatable bonds is 5. The number of aromatic carboxylic acids is 1. The molecule has 1 fully saturated rings. The summed E-state index contributed by atoms with van der Waals surface area (Å²) in [4.78, 5) is 49.9. The topological polar surface area (TPSA) is 106 Å².